The highest BCUT2D eigenvalue weighted by molar-refractivity contribution is 7.12. The molecule has 0 aliphatic rings. The SMILES string of the molecule is COC(=O)CC(C(=O)OC)=C(c1cc(C)sc1C)c1cc(C)sc1C. The lowest BCUT2D eigenvalue weighted by Crippen LogP contribution is -2.14. The van der Waals surface area contributed by atoms with Crippen molar-refractivity contribution in [3.05, 3.63) is 48.3 Å². The van der Waals surface area contributed by atoms with E-state index in [-0.39, 0.29) is 6.42 Å². The Morgan fingerprint density at radius 2 is 1.36 bits per heavy atom. The largest absolute Gasteiger partial charge is 0.469 e. The van der Waals surface area contributed by atoms with E-state index in [4.69, 9.17) is 9.47 Å². The van der Waals surface area contributed by atoms with Gasteiger partial charge in [-0.2, -0.15) is 0 Å². The molecule has 0 spiro atoms. The lowest BCUT2D eigenvalue weighted by molar-refractivity contribution is -0.143. The van der Waals surface area contributed by atoms with Crippen LogP contribution in [-0.4, -0.2) is 26.2 Å². The molecule has 134 valence electrons. The fourth-order valence-corrected chi connectivity index (χ4v) is 4.69. The molecule has 2 rings (SSSR count). The maximum atomic E-state index is 12.5. The van der Waals surface area contributed by atoms with Crippen LogP contribution in [0.2, 0.25) is 0 Å². The van der Waals surface area contributed by atoms with Gasteiger partial charge in [-0.15, -0.1) is 22.7 Å². The molecule has 0 amide bonds. The Bertz CT molecular complexity index is 791. The number of carbonyl (C=O) groups is 2. The quantitative estimate of drug-likeness (QED) is 0.564. The molecule has 0 unspecified atom stereocenters. The normalized spacial score (nSPS) is 10.5. The van der Waals surface area contributed by atoms with Gasteiger partial charge in [-0.05, 0) is 51.0 Å². The minimum Gasteiger partial charge on any atom is -0.469 e. The maximum Gasteiger partial charge on any atom is 0.334 e. The van der Waals surface area contributed by atoms with Gasteiger partial charge in [0.25, 0.3) is 0 Å². The average molecular weight is 379 g/mol. The first-order valence-electron chi connectivity index (χ1n) is 7.81. The van der Waals surface area contributed by atoms with Crippen molar-refractivity contribution in [3.63, 3.8) is 0 Å². The topological polar surface area (TPSA) is 52.6 Å². The maximum absolute atomic E-state index is 12.5. The molecule has 0 radical (unpaired) electrons. The van der Waals surface area contributed by atoms with E-state index in [0.717, 1.165) is 36.2 Å². The Hall–Kier alpha value is -1.92. The van der Waals surface area contributed by atoms with Gasteiger partial charge in [-0.3, -0.25) is 4.79 Å². The molecule has 2 aromatic heterocycles. The summed E-state index contributed by atoms with van der Waals surface area (Å²) in [5.74, 6) is -0.973. The van der Waals surface area contributed by atoms with Gasteiger partial charge < -0.3 is 9.47 Å². The van der Waals surface area contributed by atoms with Crippen LogP contribution >= 0.6 is 22.7 Å². The summed E-state index contributed by atoms with van der Waals surface area (Å²) >= 11 is 3.33. The molecule has 0 bridgehead atoms. The molecule has 0 N–H and O–H groups in total. The molecule has 0 saturated heterocycles. The highest BCUT2D eigenvalue weighted by atomic mass is 32.1. The predicted molar refractivity (Wildman–Crippen MR) is 102 cm³/mol. The number of carbonyl (C=O) groups excluding carboxylic acids is 2. The number of rotatable bonds is 5. The van der Waals surface area contributed by atoms with Gasteiger partial charge in [0.15, 0.2) is 0 Å². The van der Waals surface area contributed by atoms with E-state index in [1.165, 1.54) is 14.2 Å². The monoisotopic (exact) mass is 378 g/mol. The molecule has 2 heterocycles. The standard InChI is InChI=1S/C19H22O4S2/c1-10-7-14(12(3)24-10)18(15-8-11(2)25-13(15)4)16(19(21)23-6)9-17(20)22-5/h7-8H,9H2,1-6H3. The second-order valence-electron chi connectivity index (χ2n) is 5.75. The van der Waals surface area contributed by atoms with Crippen molar-refractivity contribution in [2.75, 3.05) is 14.2 Å². The minimum atomic E-state index is -0.507. The Morgan fingerprint density at radius 1 is 0.880 bits per heavy atom. The highest BCUT2D eigenvalue weighted by Crippen LogP contribution is 2.39. The van der Waals surface area contributed by atoms with Gasteiger partial charge in [0.1, 0.15) is 0 Å². The van der Waals surface area contributed by atoms with Gasteiger partial charge in [0.05, 0.1) is 26.2 Å². The summed E-state index contributed by atoms with van der Waals surface area (Å²) < 4.78 is 9.77. The number of ether oxygens (including phenoxy) is 2. The van der Waals surface area contributed by atoms with E-state index < -0.39 is 11.9 Å². The fraction of sp³-hybridized carbons (Fsp3) is 0.368. The van der Waals surface area contributed by atoms with Crippen molar-refractivity contribution in [1.29, 1.82) is 0 Å². The molecule has 6 heteroatoms. The smallest absolute Gasteiger partial charge is 0.334 e. The molecule has 25 heavy (non-hydrogen) atoms. The Labute approximate surface area is 156 Å². The molecule has 0 aliphatic heterocycles. The Balaban J connectivity index is 2.82. The average Bonchev–Trinajstić information content (AvgIpc) is 3.07. The van der Waals surface area contributed by atoms with Gasteiger partial charge >= 0.3 is 11.9 Å². The first kappa shape index (κ1) is 19.4. The predicted octanol–water partition coefficient (Wildman–Crippen LogP) is 4.58. The Morgan fingerprint density at radius 3 is 1.68 bits per heavy atom. The second kappa shape index (κ2) is 7.97. The van der Waals surface area contributed by atoms with Crippen molar-refractivity contribution in [2.24, 2.45) is 0 Å². The van der Waals surface area contributed by atoms with Gasteiger partial charge in [-0.1, -0.05) is 0 Å². The lowest BCUT2D eigenvalue weighted by atomic mass is 9.91. The molecular formula is C19H22O4S2. The number of esters is 2. The van der Waals surface area contributed by atoms with Crippen LogP contribution in [0.25, 0.3) is 5.57 Å². The van der Waals surface area contributed by atoms with E-state index in [1.54, 1.807) is 22.7 Å². The first-order chi connectivity index (χ1) is 11.8. The summed E-state index contributed by atoms with van der Waals surface area (Å²) in [4.78, 5) is 28.9. The van der Waals surface area contributed by atoms with Crippen LogP contribution in [0, 0.1) is 27.7 Å². The van der Waals surface area contributed by atoms with Crippen molar-refractivity contribution < 1.29 is 19.1 Å². The number of methoxy groups -OCH3 is 2. The van der Waals surface area contributed by atoms with Crippen molar-refractivity contribution in [1.82, 2.24) is 0 Å². The molecule has 0 atom stereocenters. The third kappa shape index (κ3) is 4.19. The number of thiophene rings is 2. The van der Waals surface area contributed by atoms with Gasteiger partial charge in [-0.25, -0.2) is 4.79 Å². The van der Waals surface area contributed by atoms with E-state index in [1.807, 2.05) is 27.7 Å². The van der Waals surface area contributed by atoms with Gasteiger partial charge in [0, 0.05) is 25.1 Å². The molecular weight excluding hydrogens is 356 g/mol. The van der Waals surface area contributed by atoms with E-state index in [9.17, 15) is 9.59 Å². The van der Waals surface area contributed by atoms with Crippen LogP contribution in [-0.2, 0) is 19.1 Å². The van der Waals surface area contributed by atoms with Crippen molar-refractivity contribution in [2.45, 2.75) is 34.1 Å². The Kier molecular flexibility index (Phi) is 6.19. The van der Waals surface area contributed by atoms with Crippen LogP contribution in [0.5, 0.6) is 0 Å². The zero-order valence-corrected chi connectivity index (χ0v) is 16.9. The van der Waals surface area contributed by atoms with Crippen LogP contribution < -0.4 is 0 Å². The molecule has 0 aliphatic carbocycles. The molecule has 0 saturated carbocycles. The number of aryl methyl sites for hydroxylation is 4. The van der Waals surface area contributed by atoms with Crippen LogP contribution in [0.1, 0.15) is 37.1 Å². The lowest BCUT2D eigenvalue weighted by Gasteiger charge is -2.14. The van der Waals surface area contributed by atoms with Crippen molar-refractivity contribution >= 4 is 40.2 Å². The summed E-state index contributed by atoms with van der Waals surface area (Å²) in [7, 11) is 2.64. The third-order valence-electron chi connectivity index (χ3n) is 3.90. The first-order valence-corrected chi connectivity index (χ1v) is 9.44. The van der Waals surface area contributed by atoms with Crippen LogP contribution in [0.4, 0.5) is 0 Å². The molecule has 0 aromatic carbocycles. The minimum absolute atomic E-state index is 0.124. The molecule has 0 fully saturated rings. The van der Waals surface area contributed by atoms with Crippen LogP contribution in [0.3, 0.4) is 0 Å². The number of hydrogen-bond acceptors (Lipinski definition) is 6. The number of hydrogen-bond donors (Lipinski definition) is 0. The third-order valence-corrected chi connectivity index (χ3v) is 5.83. The highest BCUT2D eigenvalue weighted by Gasteiger charge is 2.25. The molecule has 4 nitrogen and oxygen atoms in total. The van der Waals surface area contributed by atoms with E-state index >= 15 is 0 Å². The van der Waals surface area contributed by atoms with Crippen LogP contribution in [0.15, 0.2) is 17.7 Å². The zero-order valence-electron chi connectivity index (χ0n) is 15.3. The van der Waals surface area contributed by atoms with E-state index in [0.29, 0.717) is 5.57 Å². The summed E-state index contributed by atoms with van der Waals surface area (Å²) in [5.41, 5.74) is 3.03. The van der Waals surface area contributed by atoms with Crippen molar-refractivity contribution in [3.8, 4) is 0 Å². The summed E-state index contributed by atoms with van der Waals surface area (Å²) in [6.45, 7) is 8.11. The zero-order chi connectivity index (χ0) is 18.7. The van der Waals surface area contributed by atoms with E-state index in [2.05, 4.69) is 12.1 Å². The molecule has 2 aromatic rings. The summed E-state index contributed by atoms with van der Waals surface area (Å²) in [6.07, 6.45) is -0.124. The summed E-state index contributed by atoms with van der Waals surface area (Å²) in [5, 5.41) is 0. The second-order valence-corrected chi connectivity index (χ2v) is 8.67. The fourth-order valence-electron chi connectivity index (χ4n) is 2.83. The summed E-state index contributed by atoms with van der Waals surface area (Å²) in [6, 6.07) is 4.12. The van der Waals surface area contributed by atoms with Gasteiger partial charge in [0.2, 0.25) is 0 Å².